The number of hydrogen-bond acceptors (Lipinski definition) is 13. The van der Waals surface area contributed by atoms with E-state index in [2.05, 4.69) is 15.0 Å². The van der Waals surface area contributed by atoms with Crippen LogP contribution < -0.4 is 16.2 Å². The Bertz CT molecular complexity index is 1360. The average molecular weight is 558 g/mol. The van der Waals surface area contributed by atoms with Gasteiger partial charge < -0.3 is 34.3 Å². The molecule has 2 aliphatic rings. The first-order valence-corrected chi connectivity index (χ1v) is 14.3. The minimum absolute atomic E-state index is 0. The van der Waals surface area contributed by atoms with Crippen molar-refractivity contribution in [3.8, 4) is 0 Å². The Balaban J connectivity index is 0.00000320. The van der Waals surface area contributed by atoms with Crippen molar-refractivity contribution in [2.75, 3.05) is 31.3 Å². The first-order valence-electron chi connectivity index (χ1n) is 11.0. The number of aromatic amines is 1. The number of benzene rings is 1. The molecule has 5 rings (SSSR count). The van der Waals surface area contributed by atoms with Gasteiger partial charge in [-0.2, -0.15) is 4.98 Å². The molecule has 0 amide bonds. The highest BCUT2D eigenvalue weighted by Gasteiger charge is 2.51. The maximum absolute atomic E-state index is 12.5. The van der Waals surface area contributed by atoms with Crippen molar-refractivity contribution < 1.29 is 34.5 Å². The first-order chi connectivity index (χ1) is 17.3. The fraction of sp³-hybridized carbons (Fsp3) is 0.450. The van der Waals surface area contributed by atoms with Gasteiger partial charge in [0.15, 0.2) is 22.5 Å². The largest absolute Gasteiger partial charge is 1.00 e. The Morgan fingerprint density at radius 2 is 2.11 bits per heavy atom. The summed E-state index contributed by atoms with van der Waals surface area (Å²) >= 11 is 2.89. The van der Waals surface area contributed by atoms with Gasteiger partial charge in [0.1, 0.15) is 18.3 Å². The maximum Gasteiger partial charge on any atom is 1.00 e. The summed E-state index contributed by atoms with van der Waals surface area (Å²) in [7, 11) is -4.57. The Morgan fingerprint density at radius 3 is 2.86 bits per heavy atom. The number of nitrogens with two attached hydrogens (primary N) is 1. The second-order valence-corrected chi connectivity index (χ2v) is 11.4. The van der Waals surface area contributed by atoms with Crippen LogP contribution in [0.15, 0.2) is 44.0 Å². The lowest BCUT2D eigenvalue weighted by Crippen LogP contribution is -2.41. The quantitative estimate of drug-likeness (QED) is 0.204. The lowest BCUT2D eigenvalue weighted by molar-refractivity contribution is -0.245. The van der Waals surface area contributed by atoms with E-state index in [4.69, 9.17) is 24.3 Å². The number of nitrogens with one attached hydrogen (secondary N) is 1. The van der Waals surface area contributed by atoms with Gasteiger partial charge in [0.05, 0.1) is 13.2 Å². The highest BCUT2D eigenvalue weighted by molar-refractivity contribution is 7.99. The zero-order chi connectivity index (χ0) is 25.4. The number of thioether (sulfide) groups is 1. The molecule has 13 nitrogen and oxygen atoms in total. The van der Waals surface area contributed by atoms with Gasteiger partial charge in [0, 0.05) is 22.2 Å². The molecule has 36 heavy (non-hydrogen) atoms. The summed E-state index contributed by atoms with van der Waals surface area (Å²) in [5.41, 5.74) is 5.27. The highest BCUT2D eigenvalue weighted by atomic mass is 32.2. The van der Waals surface area contributed by atoms with E-state index in [1.165, 1.54) is 16.3 Å². The smallest absolute Gasteiger partial charge is 0.756 e. The maximum atomic E-state index is 12.5. The molecule has 0 radical (unpaired) electrons. The van der Waals surface area contributed by atoms with Crippen LogP contribution in [0.4, 0.5) is 5.95 Å². The van der Waals surface area contributed by atoms with Gasteiger partial charge in [-0.3, -0.25) is 18.9 Å². The molecule has 3 aromatic rings. The molecule has 4 N–H and O–H groups in total. The zero-order valence-corrected chi connectivity index (χ0v) is 21.5. The molecule has 5 atom stereocenters. The van der Waals surface area contributed by atoms with E-state index < -0.39 is 37.9 Å². The average Bonchev–Trinajstić information content (AvgIpc) is 3.34. The molecule has 2 saturated heterocycles. The predicted molar refractivity (Wildman–Crippen MR) is 130 cm³/mol. The lowest BCUT2D eigenvalue weighted by Gasteiger charge is -2.34. The molecule has 194 valence electrons. The third kappa shape index (κ3) is 5.21. The van der Waals surface area contributed by atoms with Gasteiger partial charge in [-0.15, -0.1) is 11.8 Å². The van der Waals surface area contributed by atoms with E-state index >= 15 is 0 Å². The number of anilines is 1. The van der Waals surface area contributed by atoms with Crippen LogP contribution in [-0.4, -0.2) is 68.5 Å². The molecule has 1 aromatic carbocycles. The van der Waals surface area contributed by atoms with Crippen LogP contribution in [0.25, 0.3) is 11.2 Å². The van der Waals surface area contributed by atoms with Gasteiger partial charge in [-0.1, -0.05) is 11.8 Å². The van der Waals surface area contributed by atoms with Crippen LogP contribution in [-0.2, 0) is 23.1 Å². The molecule has 4 heterocycles. The van der Waals surface area contributed by atoms with E-state index in [0.29, 0.717) is 18.4 Å². The molecule has 0 bridgehead atoms. The summed E-state index contributed by atoms with van der Waals surface area (Å²) in [5, 5.41) is 11.2. The van der Waals surface area contributed by atoms with E-state index in [-0.39, 0.29) is 25.1 Å². The normalized spacial score (nSPS) is 28.0. The summed E-state index contributed by atoms with van der Waals surface area (Å²) in [4.78, 5) is 37.2. The molecule has 2 aromatic heterocycles. The Kier molecular flexibility index (Phi) is 7.45. The molecule has 2 aliphatic heterocycles. The molecular weight excluding hydrogens is 533 g/mol. The molecule has 0 spiro atoms. The molecule has 0 aliphatic carbocycles. The Labute approximate surface area is 214 Å². The fourth-order valence-corrected chi connectivity index (χ4v) is 6.52. The Morgan fingerprint density at radius 1 is 1.36 bits per heavy atom. The second-order valence-electron chi connectivity index (χ2n) is 7.88. The van der Waals surface area contributed by atoms with Crippen LogP contribution in [0.1, 0.15) is 14.6 Å². The summed E-state index contributed by atoms with van der Waals surface area (Å²) in [5.74, 6) is 0.681. The standard InChI is InChI=1S/C20H24N5O8PS2/c1-2-30-7-8-35-10-3-5-11(6-4-10)36-20-22-13-16(23-19(21)24-17(13)27)25(20)18-14(26)15-12(32-18)9-31-34(28,29)33-15/h3-6,12,14-15,18,26H,2,7-9H2,1H3,(H,28,29)(H3,21,23,24,27)/t12?,14?,15-,18-/m1/s1. The monoisotopic (exact) mass is 557 g/mol. The lowest BCUT2D eigenvalue weighted by atomic mass is 10.1. The number of hydrogen-bond donors (Lipinski definition) is 3. The van der Waals surface area contributed by atoms with Crippen LogP contribution >= 0.6 is 31.3 Å². The van der Waals surface area contributed by atoms with Crippen molar-refractivity contribution in [2.24, 2.45) is 0 Å². The minimum atomic E-state index is -4.57. The number of aromatic nitrogens is 4. The van der Waals surface area contributed by atoms with Gasteiger partial charge in [0.25, 0.3) is 13.4 Å². The van der Waals surface area contributed by atoms with E-state index in [1.807, 2.05) is 31.2 Å². The van der Waals surface area contributed by atoms with Gasteiger partial charge in [-0.05, 0) is 31.2 Å². The SMILES string of the molecule is CCOCCSc1ccc(Sc2nc3c(=O)[nH]c(N)nc3n2[C@@H]2OC3COP(=O)([O-])O[C@H]3C2O)cc1.[H+]. The summed E-state index contributed by atoms with van der Waals surface area (Å²) < 4.78 is 34.1. The van der Waals surface area contributed by atoms with Gasteiger partial charge in [0.2, 0.25) is 5.95 Å². The van der Waals surface area contributed by atoms with Crippen LogP contribution in [0.2, 0.25) is 0 Å². The number of ether oxygens (including phenoxy) is 2. The highest BCUT2D eigenvalue weighted by Crippen LogP contribution is 2.50. The predicted octanol–water partition coefficient (Wildman–Crippen LogP) is 1.24. The number of imidazole rings is 1. The number of phosphoric ester groups is 1. The van der Waals surface area contributed by atoms with Crippen molar-refractivity contribution in [1.29, 1.82) is 0 Å². The third-order valence-corrected chi connectivity index (χ3v) is 8.40. The van der Waals surface area contributed by atoms with Gasteiger partial charge in [-0.25, -0.2) is 4.98 Å². The Hall–Kier alpha value is -1.94. The number of fused-ring (bicyclic) bond motifs is 2. The van der Waals surface area contributed by atoms with Crippen molar-refractivity contribution in [3.05, 3.63) is 34.6 Å². The van der Waals surface area contributed by atoms with Gasteiger partial charge >= 0.3 is 1.43 Å². The summed E-state index contributed by atoms with van der Waals surface area (Å²) in [6, 6.07) is 7.72. The fourth-order valence-electron chi connectivity index (χ4n) is 3.90. The van der Waals surface area contributed by atoms with Crippen LogP contribution in [0.5, 0.6) is 0 Å². The third-order valence-electron chi connectivity index (χ3n) is 5.48. The van der Waals surface area contributed by atoms with E-state index in [0.717, 1.165) is 15.5 Å². The van der Waals surface area contributed by atoms with Crippen molar-refractivity contribution in [1.82, 2.24) is 19.5 Å². The minimum Gasteiger partial charge on any atom is -0.756 e. The molecule has 2 fully saturated rings. The molecule has 3 unspecified atom stereocenters. The van der Waals surface area contributed by atoms with Crippen molar-refractivity contribution >= 4 is 48.5 Å². The number of nitrogens with zero attached hydrogens (tertiary/aromatic N) is 3. The second kappa shape index (κ2) is 10.4. The topological polar surface area (TPSA) is 187 Å². The number of aliphatic hydroxyl groups excluding tert-OH is 1. The number of nitrogen functional groups attached to an aromatic ring is 1. The molecule has 16 heteroatoms. The molecular formula is C20H24N5O8PS2. The van der Waals surface area contributed by atoms with E-state index in [1.54, 1.807) is 11.8 Å². The van der Waals surface area contributed by atoms with Crippen molar-refractivity contribution in [3.63, 3.8) is 0 Å². The number of aliphatic hydroxyl groups is 1. The number of H-pyrrole nitrogens is 1. The van der Waals surface area contributed by atoms with E-state index in [9.17, 15) is 19.4 Å². The zero-order valence-electron chi connectivity index (χ0n) is 19.9. The van der Waals surface area contributed by atoms with Crippen molar-refractivity contribution in [2.45, 2.75) is 46.4 Å². The summed E-state index contributed by atoms with van der Waals surface area (Å²) in [6.07, 6.45) is -4.61. The number of rotatable bonds is 8. The molecule has 0 saturated carbocycles. The summed E-state index contributed by atoms with van der Waals surface area (Å²) in [6.45, 7) is 2.98. The number of phosphoric acid groups is 1. The van der Waals surface area contributed by atoms with Crippen LogP contribution in [0.3, 0.4) is 0 Å². The van der Waals surface area contributed by atoms with Crippen LogP contribution in [0, 0.1) is 0 Å². The first kappa shape index (κ1) is 25.7.